The fourth-order valence-electron chi connectivity index (χ4n) is 1.87. The fraction of sp³-hybridized carbons (Fsp3) is 0.0625. The van der Waals surface area contributed by atoms with E-state index in [0.717, 1.165) is 11.3 Å². The van der Waals surface area contributed by atoms with Crippen molar-refractivity contribution in [1.29, 1.82) is 0 Å². The summed E-state index contributed by atoms with van der Waals surface area (Å²) < 4.78 is 23.6. The zero-order chi connectivity index (χ0) is 17.8. The number of nitrogens with zero attached hydrogens (tertiary/aromatic N) is 1. The number of rotatable bonds is 6. The number of benzene rings is 1. The first-order valence-electron chi connectivity index (χ1n) is 7.05. The number of aromatic nitrogens is 1. The van der Waals surface area contributed by atoms with E-state index >= 15 is 0 Å². The summed E-state index contributed by atoms with van der Waals surface area (Å²) in [4.78, 5) is 27.2. The molecule has 128 valence electrons. The van der Waals surface area contributed by atoms with Crippen molar-refractivity contribution < 1.29 is 23.1 Å². The lowest BCUT2D eigenvalue weighted by atomic mass is 10.3. The number of hydrogen-bond acceptors (Lipinski definition) is 6. The number of furan rings is 1. The van der Waals surface area contributed by atoms with Gasteiger partial charge in [0.05, 0.1) is 6.20 Å². The van der Waals surface area contributed by atoms with Crippen LogP contribution < -0.4 is 15.8 Å². The van der Waals surface area contributed by atoms with Gasteiger partial charge >= 0.3 is 0 Å². The van der Waals surface area contributed by atoms with E-state index in [1.807, 2.05) is 0 Å². The summed E-state index contributed by atoms with van der Waals surface area (Å²) in [6, 6.07) is 8.63. The molecule has 0 unspecified atom stereocenters. The molecule has 2 heterocycles. The van der Waals surface area contributed by atoms with Crippen molar-refractivity contribution in [3.8, 4) is 5.75 Å². The quantitative estimate of drug-likeness (QED) is 0.702. The number of nitrogens with two attached hydrogens (primary N) is 1. The van der Waals surface area contributed by atoms with E-state index in [1.54, 1.807) is 6.07 Å². The molecule has 0 aliphatic heterocycles. The van der Waals surface area contributed by atoms with Crippen molar-refractivity contribution in [2.24, 2.45) is 5.73 Å². The molecule has 2 aromatic heterocycles. The Morgan fingerprint density at radius 3 is 2.68 bits per heavy atom. The van der Waals surface area contributed by atoms with Crippen LogP contribution in [0.3, 0.4) is 0 Å². The highest BCUT2D eigenvalue weighted by molar-refractivity contribution is 7.17. The lowest BCUT2D eigenvalue weighted by Gasteiger charge is -2.03. The van der Waals surface area contributed by atoms with Gasteiger partial charge in [0.15, 0.2) is 10.9 Å². The lowest BCUT2D eigenvalue weighted by molar-refractivity contribution is 0.0988. The van der Waals surface area contributed by atoms with Gasteiger partial charge in [-0.1, -0.05) is 11.3 Å². The second kappa shape index (κ2) is 7.14. The molecule has 9 heteroatoms. The monoisotopic (exact) mass is 361 g/mol. The predicted octanol–water partition coefficient (Wildman–Crippen LogP) is 2.81. The third kappa shape index (κ3) is 4.21. The van der Waals surface area contributed by atoms with Gasteiger partial charge in [-0.3, -0.25) is 14.9 Å². The second-order valence-corrected chi connectivity index (χ2v) is 5.89. The average Bonchev–Trinajstić information content (AvgIpc) is 3.23. The highest BCUT2D eigenvalue weighted by Crippen LogP contribution is 2.19. The summed E-state index contributed by atoms with van der Waals surface area (Å²) in [5, 5.41) is 2.75. The van der Waals surface area contributed by atoms with Gasteiger partial charge in [-0.2, -0.15) is 0 Å². The minimum Gasteiger partial charge on any atom is -0.486 e. The van der Waals surface area contributed by atoms with Crippen LogP contribution in [0.15, 0.2) is 47.0 Å². The zero-order valence-corrected chi connectivity index (χ0v) is 13.5. The number of nitrogens with one attached hydrogen (secondary N) is 1. The Morgan fingerprint density at radius 1 is 1.24 bits per heavy atom. The van der Waals surface area contributed by atoms with E-state index in [9.17, 15) is 14.0 Å². The predicted molar refractivity (Wildman–Crippen MR) is 88.0 cm³/mol. The number of anilines is 1. The molecule has 7 nitrogen and oxygen atoms in total. The van der Waals surface area contributed by atoms with E-state index < -0.39 is 11.8 Å². The maximum absolute atomic E-state index is 12.8. The van der Waals surface area contributed by atoms with E-state index in [0.29, 0.717) is 11.5 Å². The normalized spacial score (nSPS) is 10.4. The van der Waals surface area contributed by atoms with Crippen molar-refractivity contribution in [2.75, 3.05) is 5.32 Å². The molecular weight excluding hydrogens is 349 g/mol. The van der Waals surface area contributed by atoms with E-state index in [-0.39, 0.29) is 28.2 Å². The number of carbonyl (C=O) groups excluding carboxylic acids is 2. The third-order valence-electron chi connectivity index (χ3n) is 3.05. The minimum absolute atomic E-state index is 0.0635. The van der Waals surface area contributed by atoms with E-state index in [2.05, 4.69) is 10.3 Å². The highest BCUT2D eigenvalue weighted by atomic mass is 32.1. The lowest BCUT2D eigenvalue weighted by Crippen LogP contribution is -2.10. The highest BCUT2D eigenvalue weighted by Gasteiger charge is 2.15. The first-order chi connectivity index (χ1) is 12.0. The van der Waals surface area contributed by atoms with E-state index in [1.165, 1.54) is 36.5 Å². The van der Waals surface area contributed by atoms with Gasteiger partial charge < -0.3 is 14.9 Å². The number of carbonyl (C=O) groups is 2. The van der Waals surface area contributed by atoms with Crippen LogP contribution in [0.25, 0.3) is 0 Å². The summed E-state index contributed by atoms with van der Waals surface area (Å²) in [6.07, 6.45) is 1.28. The summed E-state index contributed by atoms with van der Waals surface area (Å²) in [6.45, 7) is 0.0853. The minimum atomic E-state index is -0.615. The molecule has 0 spiro atoms. The Hall–Kier alpha value is -3.20. The summed E-state index contributed by atoms with van der Waals surface area (Å²) in [7, 11) is 0. The maximum atomic E-state index is 12.8. The van der Waals surface area contributed by atoms with Gasteiger partial charge in [0.2, 0.25) is 0 Å². The van der Waals surface area contributed by atoms with Crippen LogP contribution in [0.4, 0.5) is 9.52 Å². The first-order valence-corrected chi connectivity index (χ1v) is 7.87. The molecule has 3 rings (SSSR count). The van der Waals surface area contributed by atoms with Crippen molar-refractivity contribution >= 4 is 28.3 Å². The Bertz CT molecular complexity index is 904. The number of thiazole rings is 1. The fourth-order valence-corrected chi connectivity index (χ4v) is 2.53. The number of hydrogen-bond donors (Lipinski definition) is 2. The average molecular weight is 361 g/mol. The summed E-state index contributed by atoms with van der Waals surface area (Å²) in [5.74, 6) is -0.522. The van der Waals surface area contributed by atoms with Crippen LogP contribution in [0.1, 0.15) is 26.0 Å². The Kier molecular flexibility index (Phi) is 4.75. The van der Waals surface area contributed by atoms with Crippen molar-refractivity contribution in [2.45, 2.75) is 6.61 Å². The van der Waals surface area contributed by atoms with Crippen LogP contribution >= 0.6 is 11.3 Å². The third-order valence-corrected chi connectivity index (χ3v) is 3.98. The van der Waals surface area contributed by atoms with Crippen molar-refractivity contribution in [1.82, 2.24) is 4.98 Å². The molecular formula is C16H12FN3O4S. The molecule has 2 amide bonds. The molecule has 3 N–H and O–H groups in total. The van der Waals surface area contributed by atoms with Crippen molar-refractivity contribution in [3.05, 3.63) is 64.8 Å². The van der Waals surface area contributed by atoms with Gasteiger partial charge in [0.25, 0.3) is 11.8 Å². The number of primary amides is 1. The van der Waals surface area contributed by atoms with Crippen LogP contribution in [0, 0.1) is 5.82 Å². The van der Waals surface area contributed by atoms with Crippen LogP contribution in [-0.2, 0) is 6.61 Å². The number of halogens is 1. The molecule has 25 heavy (non-hydrogen) atoms. The molecule has 0 aliphatic rings. The Labute approximate surface area is 145 Å². The maximum Gasteiger partial charge on any atom is 0.293 e. The van der Waals surface area contributed by atoms with Gasteiger partial charge in [0, 0.05) is 0 Å². The molecule has 0 radical (unpaired) electrons. The molecule has 0 atom stereocenters. The van der Waals surface area contributed by atoms with Crippen LogP contribution in [-0.4, -0.2) is 16.8 Å². The van der Waals surface area contributed by atoms with Gasteiger partial charge in [-0.25, -0.2) is 9.37 Å². The molecule has 0 fully saturated rings. The molecule has 0 saturated heterocycles. The molecule has 3 aromatic rings. The summed E-state index contributed by atoms with van der Waals surface area (Å²) in [5.41, 5.74) is 5.13. The topological polar surface area (TPSA) is 107 Å². The molecule has 0 bridgehead atoms. The summed E-state index contributed by atoms with van der Waals surface area (Å²) >= 11 is 0.965. The largest absolute Gasteiger partial charge is 0.486 e. The zero-order valence-electron chi connectivity index (χ0n) is 12.7. The standard InChI is InChI=1S/C16H12FN3O4S/c17-9-1-3-10(4-2-9)23-8-11-5-6-12(24-11)15(22)20-16-19-7-13(25-16)14(18)21/h1-7H,8H2,(H2,18,21)(H,19,20,22). The van der Waals surface area contributed by atoms with Crippen LogP contribution in [0.2, 0.25) is 0 Å². The number of ether oxygens (including phenoxy) is 1. The SMILES string of the molecule is NC(=O)c1cnc(NC(=O)c2ccc(COc3ccc(F)cc3)o2)s1. The van der Waals surface area contributed by atoms with Crippen molar-refractivity contribution in [3.63, 3.8) is 0 Å². The van der Waals surface area contributed by atoms with E-state index in [4.69, 9.17) is 14.9 Å². The smallest absolute Gasteiger partial charge is 0.293 e. The molecule has 0 saturated carbocycles. The Morgan fingerprint density at radius 2 is 2.00 bits per heavy atom. The van der Waals surface area contributed by atoms with Gasteiger partial charge in [-0.15, -0.1) is 0 Å². The second-order valence-electron chi connectivity index (χ2n) is 4.86. The molecule has 0 aliphatic carbocycles. The Balaban J connectivity index is 1.59. The first kappa shape index (κ1) is 16.7. The number of amides is 2. The van der Waals surface area contributed by atoms with Gasteiger partial charge in [-0.05, 0) is 36.4 Å². The van der Waals surface area contributed by atoms with Gasteiger partial charge in [0.1, 0.15) is 28.8 Å². The van der Waals surface area contributed by atoms with Crippen LogP contribution in [0.5, 0.6) is 5.75 Å². The molecule has 1 aromatic carbocycles.